The summed E-state index contributed by atoms with van der Waals surface area (Å²) in [4.78, 5) is 21.4. The molecule has 0 fully saturated rings. The number of hydrogen-bond donors (Lipinski definition) is 1. The average molecular weight is 334 g/mol. The van der Waals surface area contributed by atoms with Crippen LogP contribution in [0.3, 0.4) is 0 Å². The molecule has 8 heteroatoms. The summed E-state index contributed by atoms with van der Waals surface area (Å²) >= 11 is 7.38. The molecule has 0 aliphatic heterocycles. The van der Waals surface area contributed by atoms with Crippen LogP contribution in [0.1, 0.15) is 13.0 Å². The average Bonchev–Trinajstić information content (AvgIpc) is 3.18. The molecule has 22 heavy (non-hydrogen) atoms. The number of carbonyl (C=O) groups is 1. The Hall–Kier alpha value is -2.25. The van der Waals surface area contributed by atoms with Crippen LogP contribution in [-0.4, -0.2) is 25.7 Å². The van der Waals surface area contributed by atoms with E-state index in [4.69, 9.17) is 11.6 Å². The van der Waals surface area contributed by atoms with E-state index in [1.54, 1.807) is 25.3 Å². The molecule has 0 spiro atoms. The van der Waals surface area contributed by atoms with Crippen molar-refractivity contribution in [1.29, 1.82) is 0 Å². The minimum Gasteiger partial charge on any atom is -0.322 e. The third-order valence-electron chi connectivity index (χ3n) is 3.09. The first-order chi connectivity index (χ1) is 10.6. The standard InChI is InChI=1S/C14H12ClN5OS/c1-9(20-8-16-7-18-20)14(21)19-10-3-2-6-17-13(10)11-4-5-12(15)22-11/h2-9H,1H3,(H,19,21)/t9-/m0/s1. The maximum absolute atomic E-state index is 12.3. The monoisotopic (exact) mass is 333 g/mol. The van der Waals surface area contributed by atoms with E-state index in [-0.39, 0.29) is 5.91 Å². The number of carbonyl (C=O) groups excluding carboxylic acids is 1. The Kier molecular flexibility index (Phi) is 4.17. The van der Waals surface area contributed by atoms with Gasteiger partial charge in [-0.3, -0.25) is 9.78 Å². The van der Waals surface area contributed by atoms with Crippen molar-refractivity contribution in [3.63, 3.8) is 0 Å². The summed E-state index contributed by atoms with van der Waals surface area (Å²) in [6, 6.07) is 6.80. The fourth-order valence-corrected chi connectivity index (χ4v) is 2.97. The van der Waals surface area contributed by atoms with Gasteiger partial charge in [0, 0.05) is 6.20 Å². The fraction of sp³-hybridized carbons (Fsp3) is 0.143. The number of thiophene rings is 1. The van der Waals surface area contributed by atoms with Gasteiger partial charge < -0.3 is 5.32 Å². The predicted octanol–water partition coefficient (Wildman–Crippen LogP) is 3.25. The molecule has 3 rings (SSSR count). The highest BCUT2D eigenvalue weighted by molar-refractivity contribution is 7.19. The lowest BCUT2D eigenvalue weighted by Gasteiger charge is -2.13. The molecule has 0 aliphatic carbocycles. The van der Waals surface area contributed by atoms with Crippen molar-refractivity contribution in [2.24, 2.45) is 0 Å². The number of nitrogens with zero attached hydrogens (tertiary/aromatic N) is 4. The summed E-state index contributed by atoms with van der Waals surface area (Å²) in [5.74, 6) is -0.192. The van der Waals surface area contributed by atoms with Crippen molar-refractivity contribution in [2.75, 3.05) is 5.32 Å². The van der Waals surface area contributed by atoms with Crippen molar-refractivity contribution in [1.82, 2.24) is 19.7 Å². The van der Waals surface area contributed by atoms with Crippen LogP contribution in [0, 0.1) is 0 Å². The minimum absolute atomic E-state index is 0.192. The first kappa shape index (κ1) is 14.7. The number of anilines is 1. The van der Waals surface area contributed by atoms with Gasteiger partial charge in [-0.05, 0) is 31.2 Å². The summed E-state index contributed by atoms with van der Waals surface area (Å²) in [6.45, 7) is 1.75. The van der Waals surface area contributed by atoms with Crippen molar-refractivity contribution < 1.29 is 4.79 Å². The van der Waals surface area contributed by atoms with Crippen LogP contribution in [0.5, 0.6) is 0 Å². The van der Waals surface area contributed by atoms with Gasteiger partial charge in [-0.1, -0.05) is 11.6 Å². The third kappa shape index (κ3) is 3.00. The number of rotatable bonds is 4. The summed E-state index contributed by atoms with van der Waals surface area (Å²) in [6.07, 6.45) is 4.58. The molecule has 0 aliphatic rings. The Bertz CT molecular complexity index is 786. The van der Waals surface area contributed by atoms with Crippen LogP contribution in [0.15, 0.2) is 43.1 Å². The van der Waals surface area contributed by atoms with Crippen LogP contribution < -0.4 is 5.32 Å². The molecule has 0 saturated heterocycles. The number of hydrogen-bond acceptors (Lipinski definition) is 5. The van der Waals surface area contributed by atoms with Crippen molar-refractivity contribution in [3.05, 3.63) is 47.5 Å². The van der Waals surface area contributed by atoms with Crippen molar-refractivity contribution in [2.45, 2.75) is 13.0 Å². The Morgan fingerprint density at radius 3 is 2.95 bits per heavy atom. The second-order valence-electron chi connectivity index (χ2n) is 4.54. The van der Waals surface area contributed by atoms with Crippen LogP contribution in [0.4, 0.5) is 5.69 Å². The molecule has 3 heterocycles. The number of pyridine rings is 1. The normalized spacial score (nSPS) is 12.1. The van der Waals surface area contributed by atoms with Gasteiger partial charge >= 0.3 is 0 Å². The first-order valence-corrected chi connectivity index (χ1v) is 7.70. The quantitative estimate of drug-likeness (QED) is 0.795. The van der Waals surface area contributed by atoms with Gasteiger partial charge in [0.1, 0.15) is 24.4 Å². The zero-order valence-electron chi connectivity index (χ0n) is 11.6. The largest absolute Gasteiger partial charge is 0.322 e. The van der Waals surface area contributed by atoms with E-state index in [0.717, 1.165) is 4.88 Å². The van der Waals surface area contributed by atoms with E-state index in [2.05, 4.69) is 20.4 Å². The number of halogens is 1. The Morgan fingerprint density at radius 1 is 1.41 bits per heavy atom. The van der Waals surface area contributed by atoms with Crippen molar-refractivity contribution in [3.8, 4) is 10.6 Å². The summed E-state index contributed by atoms with van der Waals surface area (Å²) < 4.78 is 2.17. The van der Waals surface area contributed by atoms with Gasteiger partial charge in [0.2, 0.25) is 5.91 Å². The van der Waals surface area contributed by atoms with E-state index in [1.807, 2.05) is 12.1 Å². The highest BCUT2D eigenvalue weighted by Crippen LogP contribution is 2.34. The molecule has 0 bridgehead atoms. The lowest BCUT2D eigenvalue weighted by atomic mass is 10.2. The van der Waals surface area contributed by atoms with Gasteiger partial charge in [0.15, 0.2) is 0 Å². The van der Waals surface area contributed by atoms with Crippen LogP contribution >= 0.6 is 22.9 Å². The van der Waals surface area contributed by atoms with Gasteiger partial charge in [-0.15, -0.1) is 11.3 Å². The molecular weight excluding hydrogens is 322 g/mol. The van der Waals surface area contributed by atoms with Gasteiger partial charge in [0.25, 0.3) is 0 Å². The van der Waals surface area contributed by atoms with E-state index < -0.39 is 6.04 Å². The predicted molar refractivity (Wildman–Crippen MR) is 85.9 cm³/mol. The summed E-state index contributed by atoms with van der Waals surface area (Å²) in [5.41, 5.74) is 1.33. The lowest BCUT2D eigenvalue weighted by molar-refractivity contribution is -0.119. The molecule has 0 unspecified atom stereocenters. The molecule has 0 saturated carbocycles. The fourth-order valence-electron chi connectivity index (χ4n) is 1.92. The van der Waals surface area contributed by atoms with E-state index in [9.17, 15) is 4.79 Å². The molecule has 0 aromatic carbocycles. The van der Waals surface area contributed by atoms with E-state index in [0.29, 0.717) is 15.7 Å². The zero-order valence-corrected chi connectivity index (χ0v) is 13.2. The van der Waals surface area contributed by atoms with Crippen LogP contribution in [0.2, 0.25) is 4.34 Å². The second-order valence-corrected chi connectivity index (χ2v) is 6.26. The number of nitrogens with one attached hydrogen (secondary N) is 1. The molecule has 0 radical (unpaired) electrons. The Labute approximate surface area is 135 Å². The first-order valence-electron chi connectivity index (χ1n) is 6.51. The summed E-state index contributed by atoms with van der Waals surface area (Å²) in [7, 11) is 0. The molecule has 1 atom stereocenters. The Morgan fingerprint density at radius 2 is 2.27 bits per heavy atom. The Balaban J connectivity index is 1.85. The zero-order chi connectivity index (χ0) is 15.5. The highest BCUT2D eigenvalue weighted by Gasteiger charge is 2.18. The maximum Gasteiger partial charge on any atom is 0.249 e. The van der Waals surface area contributed by atoms with Crippen LogP contribution in [-0.2, 0) is 4.79 Å². The smallest absolute Gasteiger partial charge is 0.249 e. The molecule has 112 valence electrons. The molecule has 3 aromatic rings. The van der Waals surface area contributed by atoms with Gasteiger partial charge in [0.05, 0.1) is 14.9 Å². The van der Waals surface area contributed by atoms with E-state index in [1.165, 1.54) is 28.7 Å². The van der Waals surface area contributed by atoms with Crippen molar-refractivity contribution >= 4 is 34.5 Å². The van der Waals surface area contributed by atoms with Crippen LogP contribution in [0.25, 0.3) is 10.6 Å². The van der Waals surface area contributed by atoms with Gasteiger partial charge in [-0.2, -0.15) is 5.10 Å². The third-order valence-corrected chi connectivity index (χ3v) is 4.32. The lowest BCUT2D eigenvalue weighted by Crippen LogP contribution is -2.24. The molecule has 1 amide bonds. The van der Waals surface area contributed by atoms with Gasteiger partial charge in [-0.25, -0.2) is 9.67 Å². The topological polar surface area (TPSA) is 72.7 Å². The molecule has 6 nitrogen and oxygen atoms in total. The SMILES string of the molecule is C[C@@H](C(=O)Nc1cccnc1-c1ccc(Cl)s1)n1cncn1. The minimum atomic E-state index is -0.470. The molecule has 3 aromatic heterocycles. The van der Waals surface area contributed by atoms with E-state index >= 15 is 0 Å². The number of aromatic nitrogens is 4. The molecular formula is C14H12ClN5OS. The maximum atomic E-state index is 12.3. The second kappa shape index (κ2) is 6.25. The summed E-state index contributed by atoms with van der Waals surface area (Å²) in [5, 5.41) is 6.86. The highest BCUT2D eigenvalue weighted by atomic mass is 35.5. The number of amides is 1. The molecule has 1 N–H and O–H groups in total.